The van der Waals surface area contributed by atoms with Crippen LogP contribution in [0.25, 0.3) is 0 Å². The highest BCUT2D eigenvalue weighted by Crippen LogP contribution is 2.16. The quantitative estimate of drug-likeness (QED) is 0.896. The summed E-state index contributed by atoms with van der Waals surface area (Å²) in [4.78, 5) is 11.8. The van der Waals surface area contributed by atoms with Crippen molar-refractivity contribution in [2.75, 3.05) is 17.3 Å². The zero-order chi connectivity index (χ0) is 15.5. The van der Waals surface area contributed by atoms with Crippen LogP contribution in [0.15, 0.2) is 18.2 Å². The molecule has 1 aromatic rings. The van der Waals surface area contributed by atoms with Gasteiger partial charge in [0.1, 0.15) is 0 Å². The number of sulfone groups is 1. The average Bonchev–Trinajstić information content (AvgIpc) is 2.67. The number of thioether (sulfide) groups is 1. The zero-order valence-corrected chi connectivity index (χ0v) is 14.0. The van der Waals surface area contributed by atoms with Gasteiger partial charge in [0.25, 0.3) is 0 Å². The predicted octanol–water partition coefficient (Wildman–Crippen LogP) is 1.84. The number of rotatable bonds is 5. The monoisotopic (exact) mass is 327 g/mol. The van der Waals surface area contributed by atoms with Crippen molar-refractivity contribution in [1.82, 2.24) is 5.32 Å². The third-order valence-electron chi connectivity index (χ3n) is 3.38. The Balaban J connectivity index is 1.74. The van der Waals surface area contributed by atoms with E-state index in [1.807, 2.05) is 0 Å². The van der Waals surface area contributed by atoms with E-state index in [0.29, 0.717) is 12.2 Å². The second kappa shape index (κ2) is 6.83. The Kier molecular flexibility index (Phi) is 5.32. The Morgan fingerprint density at radius 2 is 1.95 bits per heavy atom. The fourth-order valence-electron chi connectivity index (χ4n) is 2.59. The van der Waals surface area contributed by atoms with Gasteiger partial charge in [-0.2, -0.15) is 0 Å². The molecule has 0 aromatic heterocycles. The number of hydrogen-bond donors (Lipinski definition) is 1. The molecule has 6 heteroatoms. The van der Waals surface area contributed by atoms with E-state index in [9.17, 15) is 13.2 Å². The molecule has 1 N–H and O–H groups in total. The first kappa shape index (κ1) is 16.4. The Morgan fingerprint density at radius 1 is 1.29 bits per heavy atom. The summed E-state index contributed by atoms with van der Waals surface area (Å²) in [5.74, 6) is 1.35. The van der Waals surface area contributed by atoms with E-state index in [0.717, 1.165) is 5.75 Å². The van der Waals surface area contributed by atoms with Gasteiger partial charge < -0.3 is 5.32 Å². The normalized spacial score (nSPS) is 20.4. The highest BCUT2D eigenvalue weighted by molar-refractivity contribution is 7.99. The molecule has 0 bridgehead atoms. The molecular weight excluding hydrogens is 306 g/mol. The summed E-state index contributed by atoms with van der Waals surface area (Å²) in [5, 5.41) is 2.80. The molecule has 1 heterocycles. The summed E-state index contributed by atoms with van der Waals surface area (Å²) < 4.78 is 22.7. The van der Waals surface area contributed by atoms with Crippen LogP contribution in [0.5, 0.6) is 0 Å². The van der Waals surface area contributed by atoms with Crippen molar-refractivity contribution in [3.05, 3.63) is 34.9 Å². The van der Waals surface area contributed by atoms with Gasteiger partial charge in [0, 0.05) is 11.8 Å². The van der Waals surface area contributed by atoms with Gasteiger partial charge in [-0.05, 0) is 25.8 Å². The minimum absolute atomic E-state index is 0.0773. The van der Waals surface area contributed by atoms with Crippen molar-refractivity contribution in [2.45, 2.75) is 32.1 Å². The molecule has 0 saturated carbocycles. The van der Waals surface area contributed by atoms with Crippen LogP contribution in [-0.4, -0.2) is 37.6 Å². The summed E-state index contributed by atoms with van der Waals surface area (Å²) in [6.45, 7) is 4.13. The van der Waals surface area contributed by atoms with E-state index in [-0.39, 0.29) is 23.5 Å². The fraction of sp³-hybridized carbons (Fsp3) is 0.533. The number of hydrogen-bond acceptors (Lipinski definition) is 4. The summed E-state index contributed by atoms with van der Waals surface area (Å²) in [6, 6.07) is 6.17. The molecular formula is C15H21NO3S2. The molecule has 116 valence electrons. The Morgan fingerprint density at radius 3 is 2.52 bits per heavy atom. The van der Waals surface area contributed by atoms with Gasteiger partial charge in [0.05, 0.1) is 17.3 Å². The van der Waals surface area contributed by atoms with E-state index < -0.39 is 9.84 Å². The first-order chi connectivity index (χ1) is 9.84. The number of amides is 1. The third kappa shape index (κ3) is 5.36. The lowest BCUT2D eigenvalue weighted by molar-refractivity contribution is -0.119. The van der Waals surface area contributed by atoms with E-state index in [1.54, 1.807) is 11.8 Å². The molecule has 21 heavy (non-hydrogen) atoms. The lowest BCUT2D eigenvalue weighted by atomic mass is 10.1. The molecule has 1 fully saturated rings. The summed E-state index contributed by atoms with van der Waals surface area (Å²) >= 11 is 1.55. The van der Waals surface area contributed by atoms with Crippen LogP contribution in [0.3, 0.4) is 0 Å². The maximum Gasteiger partial charge on any atom is 0.230 e. The summed E-state index contributed by atoms with van der Waals surface area (Å²) in [6.07, 6.45) is 0.538. The van der Waals surface area contributed by atoms with Gasteiger partial charge in [0.2, 0.25) is 5.91 Å². The summed E-state index contributed by atoms with van der Waals surface area (Å²) in [7, 11) is -2.94. The van der Waals surface area contributed by atoms with Gasteiger partial charge in [-0.15, -0.1) is 11.8 Å². The summed E-state index contributed by atoms with van der Waals surface area (Å²) in [5.41, 5.74) is 3.67. The number of aryl methyl sites for hydroxylation is 2. The number of nitrogens with one attached hydrogen (secondary N) is 1. The minimum atomic E-state index is -2.94. The third-order valence-corrected chi connectivity index (χ3v) is 6.15. The molecule has 2 rings (SSSR count). The van der Waals surface area contributed by atoms with Crippen molar-refractivity contribution in [3.8, 4) is 0 Å². The van der Waals surface area contributed by atoms with Crippen LogP contribution in [0.4, 0.5) is 0 Å². The second-order valence-corrected chi connectivity index (χ2v) is 8.87. The van der Waals surface area contributed by atoms with Crippen LogP contribution < -0.4 is 5.32 Å². The average molecular weight is 327 g/mol. The van der Waals surface area contributed by atoms with Gasteiger partial charge in [-0.3, -0.25) is 4.79 Å². The molecule has 0 spiro atoms. The molecule has 1 aliphatic heterocycles. The highest BCUT2D eigenvalue weighted by atomic mass is 32.2. The maximum atomic E-state index is 11.8. The molecule has 0 unspecified atom stereocenters. The smallest absolute Gasteiger partial charge is 0.230 e. The SMILES string of the molecule is Cc1cc(C)cc(CSCC(=O)N[C@H]2CCS(=O)(=O)C2)c1. The van der Waals surface area contributed by atoms with Crippen LogP contribution in [0.1, 0.15) is 23.1 Å². The van der Waals surface area contributed by atoms with Crippen molar-refractivity contribution < 1.29 is 13.2 Å². The van der Waals surface area contributed by atoms with Crippen molar-refractivity contribution in [1.29, 1.82) is 0 Å². The van der Waals surface area contributed by atoms with Crippen molar-refractivity contribution in [2.24, 2.45) is 0 Å². The Labute approximate surface area is 130 Å². The van der Waals surface area contributed by atoms with E-state index in [2.05, 4.69) is 37.4 Å². The van der Waals surface area contributed by atoms with Crippen molar-refractivity contribution in [3.63, 3.8) is 0 Å². The first-order valence-electron chi connectivity index (χ1n) is 6.99. The molecule has 0 radical (unpaired) electrons. The number of carbonyl (C=O) groups is 1. The first-order valence-corrected chi connectivity index (χ1v) is 9.96. The Bertz CT molecular complexity index is 606. The zero-order valence-electron chi connectivity index (χ0n) is 12.4. The van der Waals surface area contributed by atoms with Crippen LogP contribution in [0, 0.1) is 13.8 Å². The number of benzene rings is 1. The van der Waals surface area contributed by atoms with Crippen LogP contribution in [0.2, 0.25) is 0 Å². The highest BCUT2D eigenvalue weighted by Gasteiger charge is 2.28. The maximum absolute atomic E-state index is 11.8. The van der Waals surface area contributed by atoms with Gasteiger partial charge in [0.15, 0.2) is 9.84 Å². The largest absolute Gasteiger partial charge is 0.352 e. The second-order valence-electron chi connectivity index (χ2n) is 5.66. The molecule has 4 nitrogen and oxygen atoms in total. The molecule has 0 aliphatic carbocycles. The lowest BCUT2D eigenvalue weighted by Gasteiger charge is -2.10. The molecule has 1 atom stereocenters. The molecule has 1 aliphatic rings. The van der Waals surface area contributed by atoms with Crippen LogP contribution >= 0.6 is 11.8 Å². The molecule has 1 aromatic carbocycles. The standard InChI is InChI=1S/C15H21NO3S2/c1-11-5-12(2)7-13(6-11)8-20-9-15(17)16-14-3-4-21(18,19)10-14/h5-7,14H,3-4,8-10H2,1-2H3,(H,16,17)/t14-/m0/s1. The van der Waals surface area contributed by atoms with E-state index in [1.165, 1.54) is 16.7 Å². The van der Waals surface area contributed by atoms with Gasteiger partial charge in [-0.1, -0.05) is 29.3 Å². The van der Waals surface area contributed by atoms with Gasteiger partial charge in [-0.25, -0.2) is 8.42 Å². The van der Waals surface area contributed by atoms with Gasteiger partial charge >= 0.3 is 0 Å². The van der Waals surface area contributed by atoms with E-state index >= 15 is 0 Å². The minimum Gasteiger partial charge on any atom is -0.352 e. The van der Waals surface area contributed by atoms with E-state index in [4.69, 9.17) is 0 Å². The number of carbonyl (C=O) groups excluding carboxylic acids is 1. The molecule has 1 amide bonds. The predicted molar refractivity (Wildman–Crippen MR) is 87.3 cm³/mol. The molecule has 1 saturated heterocycles. The van der Waals surface area contributed by atoms with Crippen molar-refractivity contribution >= 4 is 27.5 Å². The topological polar surface area (TPSA) is 63.2 Å². The Hall–Kier alpha value is -1.01. The van der Waals surface area contributed by atoms with Crippen LogP contribution in [-0.2, 0) is 20.4 Å². The lowest BCUT2D eigenvalue weighted by Crippen LogP contribution is -2.36. The fourth-order valence-corrected chi connectivity index (χ4v) is 5.04.